The van der Waals surface area contributed by atoms with Crippen LogP contribution in [0, 0.1) is 10.1 Å². The van der Waals surface area contributed by atoms with E-state index in [4.69, 9.17) is 16.9 Å². The van der Waals surface area contributed by atoms with Crippen molar-refractivity contribution in [3.05, 3.63) is 10.1 Å². The lowest BCUT2D eigenvalue weighted by Crippen LogP contribution is -2.58. The van der Waals surface area contributed by atoms with Gasteiger partial charge in [-0.3, -0.25) is 15.9 Å². The fraction of sp³-hybridized carbons (Fsp3) is 0.714. The standard InChI is InChI=1S/C7H15N5O4/c1-16-6(13)5(8)3-2-4-11(7(9)10)12(14)15/h5H,2-4,8H2,1H3,(H3,9,10)/p+1/t5-/m0/s1. The summed E-state index contributed by atoms with van der Waals surface area (Å²) in [4.78, 5) is 21.3. The van der Waals surface area contributed by atoms with Gasteiger partial charge >= 0.3 is 11.9 Å². The molecule has 0 aliphatic heterocycles. The number of nitrogens with two attached hydrogens (primary N) is 3. The quantitative estimate of drug-likeness (QED) is 0.144. The van der Waals surface area contributed by atoms with E-state index >= 15 is 0 Å². The molecule has 0 aliphatic carbocycles. The predicted molar refractivity (Wildman–Crippen MR) is 54.0 cm³/mol. The van der Waals surface area contributed by atoms with Crippen LogP contribution >= 0.6 is 0 Å². The van der Waals surface area contributed by atoms with Gasteiger partial charge in [-0.1, -0.05) is 0 Å². The molecule has 0 aliphatic rings. The normalized spacial score (nSPS) is 11.6. The molecule has 0 bridgehead atoms. The Labute approximate surface area is 92.0 Å². The summed E-state index contributed by atoms with van der Waals surface area (Å²) in [5, 5.41) is 15.4. The van der Waals surface area contributed by atoms with Crippen LogP contribution in [0.5, 0.6) is 0 Å². The number of hydrazine groups is 1. The summed E-state index contributed by atoms with van der Waals surface area (Å²) in [5.74, 6) is -0.964. The Balaban J connectivity index is 4.00. The molecule has 0 aromatic rings. The molecule has 0 fully saturated rings. The largest absolute Gasteiger partial charge is 0.468 e. The highest BCUT2D eigenvalue weighted by Gasteiger charge is 2.25. The minimum atomic E-state index is -0.794. The zero-order valence-corrected chi connectivity index (χ0v) is 8.96. The van der Waals surface area contributed by atoms with Crippen LogP contribution in [0.4, 0.5) is 0 Å². The first-order valence-electron chi connectivity index (χ1n) is 4.53. The molecule has 9 heteroatoms. The Morgan fingerprint density at radius 2 is 2.25 bits per heavy atom. The van der Waals surface area contributed by atoms with E-state index in [-0.39, 0.29) is 13.0 Å². The molecule has 16 heavy (non-hydrogen) atoms. The van der Waals surface area contributed by atoms with Gasteiger partial charge in [-0.05, 0) is 12.8 Å². The van der Waals surface area contributed by atoms with Crippen molar-refractivity contribution in [1.29, 1.82) is 0 Å². The Bertz CT molecular complexity index is 268. The molecule has 0 aromatic carbocycles. The Morgan fingerprint density at radius 3 is 2.62 bits per heavy atom. The van der Waals surface area contributed by atoms with Crippen molar-refractivity contribution < 1.29 is 20.0 Å². The second-order valence-corrected chi connectivity index (χ2v) is 3.06. The van der Waals surface area contributed by atoms with E-state index in [1.165, 1.54) is 7.11 Å². The topological polar surface area (TPSA) is 150 Å². The highest BCUT2D eigenvalue weighted by molar-refractivity contribution is 5.75. The number of ether oxygens (including phenoxy) is 1. The summed E-state index contributed by atoms with van der Waals surface area (Å²) in [6.07, 6.45) is 0.555. The molecule has 9 nitrogen and oxygen atoms in total. The van der Waals surface area contributed by atoms with Gasteiger partial charge in [-0.15, -0.1) is 0 Å². The maximum Gasteiger partial charge on any atom is 0.403 e. The first-order chi connectivity index (χ1) is 7.40. The molecular formula is C7H16N5O4+. The van der Waals surface area contributed by atoms with Crippen LogP contribution in [0.1, 0.15) is 12.8 Å². The van der Waals surface area contributed by atoms with Gasteiger partial charge in [0.05, 0.1) is 7.11 Å². The molecule has 0 heterocycles. The van der Waals surface area contributed by atoms with E-state index < -0.39 is 23.0 Å². The van der Waals surface area contributed by atoms with Crippen molar-refractivity contribution in [3.63, 3.8) is 0 Å². The van der Waals surface area contributed by atoms with Crippen molar-refractivity contribution in [3.8, 4) is 0 Å². The van der Waals surface area contributed by atoms with Gasteiger partial charge in [-0.2, -0.15) is 0 Å². The van der Waals surface area contributed by atoms with Crippen LogP contribution in [0.2, 0.25) is 0 Å². The molecule has 92 valence electrons. The molecule has 0 rings (SSSR count). The fourth-order valence-electron chi connectivity index (χ4n) is 1.04. The lowest BCUT2D eigenvalue weighted by molar-refractivity contribution is -0.634. The smallest absolute Gasteiger partial charge is 0.403 e. The first-order valence-corrected chi connectivity index (χ1v) is 4.53. The number of guanidine groups is 1. The van der Waals surface area contributed by atoms with E-state index in [1.807, 2.05) is 0 Å². The second-order valence-electron chi connectivity index (χ2n) is 3.06. The third kappa shape index (κ3) is 4.55. The van der Waals surface area contributed by atoms with E-state index in [1.54, 1.807) is 0 Å². The lowest BCUT2D eigenvalue weighted by atomic mass is 10.2. The highest BCUT2D eigenvalue weighted by Crippen LogP contribution is 1.99. The van der Waals surface area contributed by atoms with Gasteiger partial charge in [0.1, 0.15) is 12.6 Å². The number of rotatable bonds is 6. The van der Waals surface area contributed by atoms with Gasteiger partial charge in [0.15, 0.2) is 0 Å². The molecule has 0 aromatic heterocycles. The zero-order chi connectivity index (χ0) is 12.7. The molecule has 6 N–H and O–H groups in total. The summed E-state index contributed by atoms with van der Waals surface area (Å²) < 4.78 is 4.40. The van der Waals surface area contributed by atoms with Crippen molar-refractivity contribution >= 4 is 11.9 Å². The number of esters is 1. The van der Waals surface area contributed by atoms with Crippen LogP contribution in [0.25, 0.3) is 0 Å². The third-order valence-corrected chi connectivity index (χ3v) is 1.88. The van der Waals surface area contributed by atoms with E-state index in [2.05, 4.69) is 4.74 Å². The molecule has 1 atom stereocenters. The Hall–Kier alpha value is -1.90. The number of nitro groups is 1. The second kappa shape index (κ2) is 6.56. The van der Waals surface area contributed by atoms with Crippen molar-refractivity contribution in [1.82, 2.24) is 5.01 Å². The van der Waals surface area contributed by atoms with Crippen LogP contribution in [-0.2, 0) is 9.53 Å². The van der Waals surface area contributed by atoms with Gasteiger partial charge in [0.2, 0.25) is 5.03 Å². The van der Waals surface area contributed by atoms with E-state index in [0.717, 1.165) is 0 Å². The SMILES string of the molecule is COC(=O)[C@@H](N)CCCN(C(N)=[NH2+])[N+](=O)[O-]. The molecular weight excluding hydrogens is 218 g/mol. The number of hydrogen-bond acceptors (Lipinski definition) is 5. The van der Waals surface area contributed by atoms with Crippen LogP contribution in [0.15, 0.2) is 0 Å². The average molecular weight is 234 g/mol. The van der Waals surface area contributed by atoms with Crippen molar-refractivity contribution in [2.75, 3.05) is 13.7 Å². The molecule has 0 spiro atoms. The number of hydrogen-bond donors (Lipinski definition) is 3. The number of methoxy groups -OCH3 is 1. The monoisotopic (exact) mass is 234 g/mol. The van der Waals surface area contributed by atoms with Gasteiger partial charge in [0.25, 0.3) is 0 Å². The minimum Gasteiger partial charge on any atom is -0.468 e. The first kappa shape index (κ1) is 14.1. The summed E-state index contributed by atoms with van der Waals surface area (Å²) in [6.45, 7) is -0.0139. The Kier molecular flexibility index (Phi) is 5.78. The number of carbonyl (C=O) groups excluding carboxylic acids is 1. The van der Waals surface area contributed by atoms with Crippen LogP contribution in [-0.4, -0.2) is 41.7 Å². The van der Waals surface area contributed by atoms with Gasteiger partial charge < -0.3 is 10.5 Å². The molecule has 0 radical (unpaired) electrons. The van der Waals surface area contributed by atoms with Crippen molar-refractivity contribution in [2.45, 2.75) is 18.9 Å². The zero-order valence-electron chi connectivity index (χ0n) is 8.96. The molecule has 0 saturated carbocycles. The summed E-state index contributed by atoms with van der Waals surface area (Å²) >= 11 is 0. The Morgan fingerprint density at radius 1 is 1.69 bits per heavy atom. The van der Waals surface area contributed by atoms with E-state index in [9.17, 15) is 14.9 Å². The lowest BCUT2D eigenvalue weighted by Gasteiger charge is -2.09. The van der Waals surface area contributed by atoms with Gasteiger partial charge in [-0.25, -0.2) is 10.1 Å². The average Bonchev–Trinajstić information content (AvgIpc) is 2.21. The highest BCUT2D eigenvalue weighted by atomic mass is 16.7. The summed E-state index contributed by atoms with van der Waals surface area (Å²) in [7, 11) is 1.22. The maximum absolute atomic E-state index is 10.9. The maximum atomic E-state index is 10.9. The third-order valence-electron chi connectivity index (χ3n) is 1.88. The van der Waals surface area contributed by atoms with E-state index in [0.29, 0.717) is 11.4 Å². The predicted octanol–water partition coefficient (Wildman–Crippen LogP) is -3.17. The van der Waals surface area contributed by atoms with Gasteiger partial charge in [0, 0.05) is 5.01 Å². The van der Waals surface area contributed by atoms with Crippen LogP contribution in [0.3, 0.4) is 0 Å². The fourth-order valence-corrected chi connectivity index (χ4v) is 1.04. The summed E-state index contributed by atoms with van der Waals surface area (Å²) in [5.41, 5.74) is 10.5. The number of nitrogens with zero attached hydrogens (tertiary/aromatic N) is 2. The van der Waals surface area contributed by atoms with Crippen molar-refractivity contribution in [2.24, 2.45) is 11.5 Å². The summed E-state index contributed by atoms with van der Waals surface area (Å²) in [6, 6.07) is -0.794. The van der Waals surface area contributed by atoms with Crippen LogP contribution < -0.4 is 16.9 Å². The minimum absolute atomic E-state index is 0.0139. The molecule has 0 saturated heterocycles. The molecule has 0 amide bonds. The molecule has 0 unspecified atom stereocenters. The number of carbonyl (C=O) groups is 1.